The number of nitrogens with one attached hydrogen (secondary N) is 1. The van der Waals surface area contributed by atoms with Crippen LogP contribution >= 0.6 is 46.3 Å². The van der Waals surface area contributed by atoms with Crippen molar-refractivity contribution in [3.05, 3.63) is 44.6 Å². The van der Waals surface area contributed by atoms with Crippen molar-refractivity contribution in [3.63, 3.8) is 0 Å². The molecule has 1 atom stereocenters. The average molecular weight is 497 g/mol. The molecule has 1 N–H and O–H groups in total. The molecule has 10 heteroatoms. The van der Waals surface area contributed by atoms with Crippen LogP contribution in [0.5, 0.6) is 0 Å². The summed E-state index contributed by atoms with van der Waals surface area (Å²) in [4.78, 5) is 13.8. The molecule has 0 saturated carbocycles. The number of hydrogen-bond donors (Lipinski definition) is 1. The van der Waals surface area contributed by atoms with Gasteiger partial charge in [0.05, 0.1) is 29.1 Å². The van der Waals surface area contributed by atoms with Crippen molar-refractivity contribution in [1.29, 1.82) is 0 Å². The number of anilines is 1. The number of nitrogens with zero attached hydrogens (tertiary/aromatic N) is 3. The van der Waals surface area contributed by atoms with E-state index in [2.05, 4.69) is 38.5 Å². The average Bonchev–Trinajstić information content (AvgIpc) is 3.50. The first-order valence-corrected chi connectivity index (χ1v) is 12.7. The van der Waals surface area contributed by atoms with E-state index < -0.39 is 0 Å². The summed E-state index contributed by atoms with van der Waals surface area (Å²) in [6.45, 7) is 3.59. The molecule has 3 heterocycles. The fraction of sp³-hybridized carbons (Fsp3) is 0.381. The standard InChI is InChI=1S/C21H22Cl2N4O2S2/c1-2-16-8-13(11-30-16)20-25-26-21(27(20)10-15-4-3-7-29-15)31-12-19(28)24-18-9-14(22)5-6-17(18)23/h5-6,8-9,11,15H,2-4,7,10,12H2,1H3,(H,24,28). The van der Waals surface area contributed by atoms with E-state index in [1.54, 1.807) is 29.5 Å². The van der Waals surface area contributed by atoms with Gasteiger partial charge in [0.15, 0.2) is 11.0 Å². The van der Waals surface area contributed by atoms with Gasteiger partial charge in [-0.2, -0.15) is 0 Å². The maximum absolute atomic E-state index is 12.5. The number of amides is 1. The molecular formula is C21H22Cl2N4O2S2. The maximum atomic E-state index is 12.5. The highest BCUT2D eigenvalue weighted by molar-refractivity contribution is 7.99. The van der Waals surface area contributed by atoms with Gasteiger partial charge >= 0.3 is 0 Å². The predicted octanol–water partition coefficient (Wildman–Crippen LogP) is 5.79. The lowest BCUT2D eigenvalue weighted by molar-refractivity contribution is -0.113. The molecule has 4 rings (SSSR count). The minimum atomic E-state index is -0.189. The lowest BCUT2D eigenvalue weighted by atomic mass is 10.2. The summed E-state index contributed by atoms with van der Waals surface area (Å²) in [6.07, 6.45) is 3.20. The highest BCUT2D eigenvalue weighted by Gasteiger charge is 2.23. The first-order valence-electron chi connectivity index (χ1n) is 10.0. The Morgan fingerprint density at radius 2 is 2.23 bits per heavy atom. The molecule has 1 unspecified atom stereocenters. The van der Waals surface area contributed by atoms with Gasteiger partial charge in [0, 0.05) is 27.5 Å². The van der Waals surface area contributed by atoms with Crippen molar-refractivity contribution in [1.82, 2.24) is 14.8 Å². The molecule has 0 bridgehead atoms. The molecule has 1 aliphatic heterocycles. The molecule has 0 radical (unpaired) electrons. The molecule has 0 aliphatic carbocycles. The normalized spacial score (nSPS) is 16.0. The van der Waals surface area contributed by atoms with Crippen LogP contribution in [0.3, 0.4) is 0 Å². The van der Waals surface area contributed by atoms with Gasteiger partial charge in [-0.3, -0.25) is 9.36 Å². The second-order valence-electron chi connectivity index (χ2n) is 7.17. The number of halogens is 2. The largest absolute Gasteiger partial charge is 0.376 e. The highest BCUT2D eigenvalue weighted by atomic mass is 35.5. The van der Waals surface area contributed by atoms with Crippen molar-refractivity contribution in [3.8, 4) is 11.4 Å². The van der Waals surface area contributed by atoms with Crippen LogP contribution in [0.4, 0.5) is 5.69 Å². The number of carbonyl (C=O) groups excluding carboxylic acids is 1. The minimum absolute atomic E-state index is 0.137. The Balaban J connectivity index is 1.50. The molecule has 2 aromatic heterocycles. The van der Waals surface area contributed by atoms with Gasteiger partial charge < -0.3 is 10.1 Å². The summed E-state index contributed by atoms with van der Waals surface area (Å²) < 4.78 is 7.91. The van der Waals surface area contributed by atoms with Crippen molar-refractivity contribution in [2.24, 2.45) is 0 Å². The number of ether oxygens (including phenoxy) is 1. The first kappa shape index (κ1) is 22.6. The number of benzene rings is 1. The lowest BCUT2D eigenvalue weighted by Crippen LogP contribution is -2.18. The van der Waals surface area contributed by atoms with E-state index in [0.717, 1.165) is 37.3 Å². The summed E-state index contributed by atoms with van der Waals surface area (Å²) in [6, 6.07) is 7.12. The Morgan fingerprint density at radius 1 is 1.35 bits per heavy atom. The summed E-state index contributed by atoms with van der Waals surface area (Å²) in [5.74, 6) is 0.800. The number of hydrogen-bond acceptors (Lipinski definition) is 6. The van der Waals surface area contributed by atoms with Crippen molar-refractivity contribution in [2.75, 3.05) is 17.7 Å². The van der Waals surface area contributed by atoms with E-state index >= 15 is 0 Å². The molecule has 1 amide bonds. The van der Waals surface area contributed by atoms with E-state index in [1.165, 1.54) is 16.6 Å². The summed E-state index contributed by atoms with van der Waals surface area (Å²) >= 11 is 15.2. The number of carbonyl (C=O) groups is 1. The molecule has 1 fully saturated rings. The minimum Gasteiger partial charge on any atom is -0.376 e. The van der Waals surface area contributed by atoms with Crippen LogP contribution in [0.1, 0.15) is 24.6 Å². The number of thioether (sulfide) groups is 1. The summed E-state index contributed by atoms with van der Waals surface area (Å²) in [5.41, 5.74) is 1.54. The third-order valence-electron chi connectivity index (χ3n) is 4.92. The van der Waals surface area contributed by atoms with Gasteiger partial charge in [0.1, 0.15) is 0 Å². The predicted molar refractivity (Wildman–Crippen MR) is 128 cm³/mol. The number of aryl methyl sites for hydroxylation is 1. The molecule has 0 spiro atoms. The Bertz CT molecular complexity index is 1060. The Kier molecular flexibility index (Phi) is 7.55. The Morgan fingerprint density at radius 3 is 2.97 bits per heavy atom. The molecule has 1 aliphatic rings. The highest BCUT2D eigenvalue weighted by Crippen LogP contribution is 2.30. The van der Waals surface area contributed by atoms with E-state index in [4.69, 9.17) is 27.9 Å². The van der Waals surface area contributed by atoms with Gasteiger partial charge in [0.25, 0.3) is 0 Å². The molecular weight excluding hydrogens is 475 g/mol. The first-order chi connectivity index (χ1) is 15.0. The van der Waals surface area contributed by atoms with Crippen LogP contribution in [0, 0.1) is 0 Å². The van der Waals surface area contributed by atoms with Crippen LogP contribution < -0.4 is 5.32 Å². The van der Waals surface area contributed by atoms with Crippen molar-refractivity contribution < 1.29 is 9.53 Å². The van der Waals surface area contributed by atoms with Gasteiger partial charge in [-0.05, 0) is 43.5 Å². The number of thiophene rings is 1. The van der Waals surface area contributed by atoms with Gasteiger partial charge in [-0.25, -0.2) is 0 Å². The van der Waals surface area contributed by atoms with Crippen LogP contribution in [-0.4, -0.2) is 39.1 Å². The second-order valence-corrected chi connectivity index (χ2v) is 9.95. The van der Waals surface area contributed by atoms with Gasteiger partial charge in [-0.15, -0.1) is 21.5 Å². The van der Waals surface area contributed by atoms with E-state index in [9.17, 15) is 4.79 Å². The zero-order valence-electron chi connectivity index (χ0n) is 16.9. The third-order valence-corrected chi connectivity index (χ3v) is 7.53. The number of aromatic nitrogens is 3. The fourth-order valence-electron chi connectivity index (χ4n) is 3.36. The Labute approximate surface area is 199 Å². The maximum Gasteiger partial charge on any atom is 0.234 e. The van der Waals surface area contributed by atoms with E-state index in [1.807, 2.05) is 0 Å². The topological polar surface area (TPSA) is 69.0 Å². The lowest BCUT2D eigenvalue weighted by Gasteiger charge is -2.14. The zero-order chi connectivity index (χ0) is 21.8. The summed E-state index contributed by atoms with van der Waals surface area (Å²) in [5, 5.41) is 15.4. The quantitative estimate of drug-likeness (QED) is 0.399. The Hall–Kier alpha value is -1.58. The number of rotatable bonds is 8. The van der Waals surface area contributed by atoms with Crippen molar-refractivity contribution >= 4 is 57.9 Å². The molecule has 1 aromatic carbocycles. The zero-order valence-corrected chi connectivity index (χ0v) is 20.1. The smallest absolute Gasteiger partial charge is 0.234 e. The van der Waals surface area contributed by atoms with Crippen LogP contribution in [0.25, 0.3) is 11.4 Å². The fourth-order valence-corrected chi connectivity index (χ4v) is 5.26. The van der Waals surface area contributed by atoms with Gasteiger partial charge in [-0.1, -0.05) is 41.9 Å². The second kappa shape index (κ2) is 10.4. The molecule has 6 nitrogen and oxygen atoms in total. The molecule has 3 aromatic rings. The monoisotopic (exact) mass is 496 g/mol. The molecule has 31 heavy (non-hydrogen) atoms. The SMILES string of the molecule is CCc1cc(-c2nnc(SCC(=O)Nc3cc(Cl)ccc3Cl)n2CC2CCCO2)cs1. The third kappa shape index (κ3) is 5.62. The molecule has 1 saturated heterocycles. The van der Waals surface area contributed by atoms with Crippen LogP contribution in [0.2, 0.25) is 10.0 Å². The van der Waals surface area contributed by atoms with Gasteiger partial charge in [0.2, 0.25) is 5.91 Å². The van der Waals surface area contributed by atoms with E-state index in [0.29, 0.717) is 27.4 Å². The van der Waals surface area contributed by atoms with Crippen LogP contribution in [-0.2, 0) is 22.5 Å². The molecule has 164 valence electrons. The van der Waals surface area contributed by atoms with E-state index in [-0.39, 0.29) is 17.8 Å². The van der Waals surface area contributed by atoms with Crippen LogP contribution in [0.15, 0.2) is 34.8 Å². The summed E-state index contributed by atoms with van der Waals surface area (Å²) in [7, 11) is 0. The van der Waals surface area contributed by atoms with Crippen molar-refractivity contribution in [2.45, 2.75) is 44.0 Å².